The fourth-order valence-corrected chi connectivity index (χ4v) is 3.34. The van der Waals surface area contributed by atoms with E-state index in [2.05, 4.69) is 22.6 Å². The number of carboxylic acid groups (broad SMARTS) is 1. The minimum atomic E-state index is -0.900. The fourth-order valence-electron chi connectivity index (χ4n) is 2.02. The number of rotatable bonds is 2. The molecule has 6 heteroatoms. The molecule has 92 valence electrons. The second-order valence-electron chi connectivity index (χ2n) is 3.99. The van der Waals surface area contributed by atoms with E-state index in [0.717, 1.165) is 15.7 Å². The van der Waals surface area contributed by atoms with Gasteiger partial charge in [0.05, 0.1) is 8.45 Å². The number of halogens is 1. The molecule has 0 radical (unpaired) electrons. The third-order valence-corrected chi connectivity index (χ3v) is 4.65. The summed E-state index contributed by atoms with van der Waals surface area (Å²) in [5, 5.41) is 10.9. The Morgan fingerprint density at radius 3 is 2.82 bits per heavy atom. The van der Waals surface area contributed by atoms with Crippen molar-refractivity contribution in [3.8, 4) is 0 Å². The van der Waals surface area contributed by atoms with Gasteiger partial charge in [-0.3, -0.25) is 4.79 Å². The van der Waals surface area contributed by atoms with E-state index in [-0.39, 0.29) is 5.91 Å². The van der Waals surface area contributed by atoms with Crippen LogP contribution in [0.15, 0.2) is 11.4 Å². The lowest BCUT2D eigenvalue weighted by molar-refractivity contribution is -0.143. The summed E-state index contributed by atoms with van der Waals surface area (Å²) in [6.07, 6.45) is 2.32. The van der Waals surface area contributed by atoms with Gasteiger partial charge in [-0.05, 0) is 47.9 Å². The summed E-state index contributed by atoms with van der Waals surface area (Å²) in [6.45, 7) is 0.544. The van der Waals surface area contributed by atoms with Crippen LogP contribution >= 0.6 is 33.9 Å². The van der Waals surface area contributed by atoms with E-state index in [1.165, 1.54) is 16.2 Å². The number of carboxylic acids is 1. The Morgan fingerprint density at radius 1 is 1.47 bits per heavy atom. The van der Waals surface area contributed by atoms with Crippen LogP contribution in [-0.2, 0) is 4.79 Å². The maximum absolute atomic E-state index is 12.2. The summed E-state index contributed by atoms with van der Waals surface area (Å²) in [5.74, 6) is -1.06. The van der Waals surface area contributed by atoms with Gasteiger partial charge < -0.3 is 10.0 Å². The monoisotopic (exact) mass is 365 g/mol. The molecule has 0 unspecified atom stereocenters. The highest BCUT2D eigenvalue weighted by molar-refractivity contribution is 14.1. The number of amides is 1. The van der Waals surface area contributed by atoms with Crippen molar-refractivity contribution in [3.63, 3.8) is 0 Å². The number of aliphatic carboxylic acids is 1. The first-order valence-corrected chi connectivity index (χ1v) is 7.33. The van der Waals surface area contributed by atoms with E-state index >= 15 is 0 Å². The average molecular weight is 365 g/mol. The van der Waals surface area contributed by atoms with E-state index in [0.29, 0.717) is 18.5 Å². The molecule has 1 atom stereocenters. The largest absolute Gasteiger partial charge is 0.480 e. The van der Waals surface area contributed by atoms with Crippen molar-refractivity contribution < 1.29 is 14.7 Å². The topological polar surface area (TPSA) is 57.6 Å². The maximum Gasteiger partial charge on any atom is 0.326 e. The highest BCUT2D eigenvalue weighted by Gasteiger charge is 2.32. The van der Waals surface area contributed by atoms with E-state index < -0.39 is 12.0 Å². The number of hydrogen-bond donors (Lipinski definition) is 1. The molecule has 0 saturated carbocycles. The van der Waals surface area contributed by atoms with Crippen LogP contribution in [0.1, 0.15) is 29.6 Å². The van der Waals surface area contributed by atoms with Crippen LogP contribution in [-0.4, -0.2) is 34.5 Å². The molecule has 1 saturated heterocycles. The number of hydrogen-bond acceptors (Lipinski definition) is 3. The Balaban J connectivity index is 2.19. The smallest absolute Gasteiger partial charge is 0.326 e. The molecule has 1 fully saturated rings. The average Bonchev–Trinajstić information content (AvgIpc) is 2.75. The Kier molecular flexibility index (Phi) is 4.03. The van der Waals surface area contributed by atoms with Crippen molar-refractivity contribution in [1.82, 2.24) is 4.90 Å². The van der Waals surface area contributed by atoms with Crippen LogP contribution in [0, 0.1) is 2.88 Å². The summed E-state index contributed by atoms with van der Waals surface area (Å²) in [5.41, 5.74) is 0.604. The first-order chi connectivity index (χ1) is 8.09. The Morgan fingerprint density at radius 2 is 2.24 bits per heavy atom. The summed E-state index contributed by atoms with van der Waals surface area (Å²) < 4.78 is 1.04. The van der Waals surface area contributed by atoms with Crippen molar-refractivity contribution in [2.75, 3.05) is 6.54 Å². The standard InChI is InChI=1S/C11H12INO3S/c12-9-5-7(6-17-9)10(14)13-4-2-1-3-8(13)11(15)16/h5-6,8H,1-4H2,(H,15,16)/t8-/m1/s1. The van der Waals surface area contributed by atoms with Crippen molar-refractivity contribution in [2.24, 2.45) is 0 Å². The van der Waals surface area contributed by atoms with Crippen LogP contribution in [0.5, 0.6) is 0 Å². The Hall–Kier alpha value is -0.630. The quantitative estimate of drug-likeness (QED) is 0.820. The van der Waals surface area contributed by atoms with E-state index in [4.69, 9.17) is 5.11 Å². The zero-order valence-corrected chi connectivity index (χ0v) is 12.0. The maximum atomic E-state index is 12.2. The molecule has 17 heavy (non-hydrogen) atoms. The van der Waals surface area contributed by atoms with E-state index in [9.17, 15) is 9.59 Å². The molecule has 0 aliphatic carbocycles. The lowest BCUT2D eigenvalue weighted by Crippen LogP contribution is -2.47. The van der Waals surface area contributed by atoms with E-state index in [1.54, 1.807) is 11.4 Å². The van der Waals surface area contributed by atoms with Gasteiger partial charge in [0, 0.05) is 11.9 Å². The first kappa shape index (κ1) is 12.8. The molecule has 1 aromatic rings. The first-order valence-electron chi connectivity index (χ1n) is 5.37. The zero-order valence-electron chi connectivity index (χ0n) is 9.06. The second kappa shape index (κ2) is 5.34. The highest BCUT2D eigenvalue weighted by Crippen LogP contribution is 2.23. The lowest BCUT2D eigenvalue weighted by atomic mass is 10.0. The van der Waals surface area contributed by atoms with Gasteiger partial charge in [0.25, 0.3) is 5.91 Å². The molecule has 4 nitrogen and oxygen atoms in total. The molecular formula is C11H12INO3S. The number of likely N-dealkylation sites (tertiary alicyclic amines) is 1. The zero-order chi connectivity index (χ0) is 12.4. The van der Waals surface area contributed by atoms with Gasteiger partial charge >= 0.3 is 5.97 Å². The molecule has 1 aromatic heterocycles. The lowest BCUT2D eigenvalue weighted by Gasteiger charge is -2.32. The van der Waals surface area contributed by atoms with Gasteiger partial charge in [0.2, 0.25) is 0 Å². The van der Waals surface area contributed by atoms with Gasteiger partial charge in [-0.1, -0.05) is 0 Å². The molecule has 1 amide bonds. The minimum absolute atomic E-state index is 0.156. The van der Waals surface area contributed by atoms with E-state index in [1.807, 2.05) is 0 Å². The molecule has 0 aromatic carbocycles. The predicted molar refractivity (Wildman–Crippen MR) is 73.3 cm³/mol. The molecule has 2 rings (SSSR count). The Bertz CT molecular complexity index is 446. The van der Waals surface area contributed by atoms with Gasteiger partial charge in [0.1, 0.15) is 6.04 Å². The highest BCUT2D eigenvalue weighted by atomic mass is 127. The van der Waals surface area contributed by atoms with Gasteiger partial charge in [-0.15, -0.1) is 11.3 Å². The summed E-state index contributed by atoms with van der Waals surface area (Å²) in [4.78, 5) is 24.8. The molecule has 1 N–H and O–H groups in total. The molecule has 2 heterocycles. The fraction of sp³-hybridized carbons (Fsp3) is 0.455. The number of nitrogens with zero attached hydrogens (tertiary/aromatic N) is 1. The van der Waals surface area contributed by atoms with Crippen LogP contribution < -0.4 is 0 Å². The number of thiophene rings is 1. The molecular weight excluding hydrogens is 353 g/mol. The molecule has 1 aliphatic heterocycles. The van der Waals surface area contributed by atoms with Crippen molar-refractivity contribution in [3.05, 3.63) is 19.9 Å². The van der Waals surface area contributed by atoms with Crippen LogP contribution in [0.2, 0.25) is 0 Å². The van der Waals surface area contributed by atoms with Crippen molar-refractivity contribution in [1.29, 1.82) is 0 Å². The molecule has 0 spiro atoms. The third-order valence-electron chi connectivity index (χ3n) is 2.86. The summed E-state index contributed by atoms with van der Waals surface area (Å²) in [7, 11) is 0. The predicted octanol–water partition coefficient (Wildman–Crippen LogP) is 2.43. The summed E-state index contributed by atoms with van der Waals surface area (Å²) >= 11 is 3.65. The number of piperidine rings is 1. The van der Waals surface area contributed by atoms with Crippen LogP contribution in [0.25, 0.3) is 0 Å². The van der Waals surface area contributed by atoms with Crippen LogP contribution in [0.3, 0.4) is 0 Å². The Labute approximate surface area is 117 Å². The summed E-state index contributed by atoms with van der Waals surface area (Å²) in [6, 6.07) is 1.15. The van der Waals surface area contributed by atoms with Gasteiger partial charge in [0.15, 0.2) is 0 Å². The van der Waals surface area contributed by atoms with Gasteiger partial charge in [-0.2, -0.15) is 0 Å². The van der Waals surface area contributed by atoms with Crippen LogP contribution in [0.4, 0.5) is 0 Å². The molecule has 1 aliphatic rings. The SMILES string of the molecule is O=C(O)[C@H]1CCCCN1C(=O)c1csc(I)c1. The normalized spacial score (nSPS) is 20.3. The number of carbonyl (C=O) groups is 2. The minimum Gasteiger partial charge on any atom is -0.480 e. The second-order valence-corrected chi connectivity index (χ2v) is 6.79. The molecule has 0 bridgehead atoms. The van der Waals surface area contributed by atoms with Gasteiger partial charge in [-0.25, -0.2) is 4.79 Å². The number of carbonyl (C=O) groups excluding carboxylic acids is 1. The van der Waals surface area contributed by atoms with Crippen molar-refractivity contribution >= 4 is 45.8 Å². The third kappa shape index (κ3) is 2.79. The van der Waals surface area contributed by atoms with Crippen molar-refractivity contribution in [2.45, 2.75) is 25.3 Å².